The van der Waals surface area contributed by atoms with Crippen molar-refractivity contribution in [1.82, 2.24) is 15.2 Å². The lowest BCUT2D eigenvalue weighted by Gasteiger charge is -2.33. The average Bonchev–Trinajstić information content (AvgIpc) is 3.26. The van der Waals surface area contributed by atoms with Crippen LogP contribution in [-0.2, 0) is 0 Å². The van der Waals surface area contributed by atoms with Crippen LogP contribution in [0.1, 0.15) is 48.5 Å². The van der Waals surface area contributed by atoms with Gasteiger partial charge in [0.05, 0.1) is 17.3 Å². The highest BCUT2D eigenvalue weighted by Gasteiger charge is 2.18. The fourth-order valence-electron chi connectivity index (χ4n) is 4.15. The first-order chi connectivity index (χ1) is 14.1. The minimum absolute atomic E-state index is 0.0532. The van der Waals surface area contributed by atoms with E-state index in [1.54, 1.807) is 6.26 Å². The van der Waals surface area contributed by atoms with E-state index in [1.807, 2.05) is 43.3 Å². The van der Waals surface area contributed by atoms with E-state index in [2.05, 4.69) is 22.1 Å². The summed E-state index contributed by atoms with van der Waals surface area (Å²) < 4.78 is 5.50. The molecule has 5 nitrogen and oxygen atoms in total. The van der Waals surface area contributed by atoms with E-state index in [4.69, 9.17) is 4.42 Å². The highest BCUT2D eigenvalue weighted by molar-refractivity contribution is 6.07. The molecule has 5 heteroatoms. The maximum absolute atomic E-state index is 13.0. The predicted octanol–water partition coefficient (Wildman–Crippen LogP) is 4.80. The third kappa shape index (κ3) is 4.51. The quantitative estimate of drug-likeness (QED) is 0.614. The number of aryl methyl sites for hydroxylation is 1. The van der Waals surface area contributed by atoms with Gasteiger partial charge in [-0.05, 0) is 70.0 Å². The molecular weight excluding hydrogens is 362 g/mol. The molecule has 0 saturated carbocycles. The van der Waals surface area contributed by atoms with E-state index >= 15 is 0 Å². The van der Waals surface area contributed by atoms with Crippen LogP contribution in [0.2, 0.25) is 0 Å². The lowest BCUT2D eigenvalue weighted by molar-refractivity contribution is 0.0950. The van der Waals surface area contributed by atoms with Crippen LogP contribution >= 0.6 is 0 Å². The lowest BCUT2D eigenvalue weighted by Crippen LogP contribution is -2.39. The monoisotopic (exact) mass is 391 g/mol. The highest BCUT2D eigenvalue weighted by Crippen LogP contribution is 2.26. The van der Waals surface area contributed by atoms with Gasteiger partial charge in [-0.3, -0.25) is 4.79 Å². The Hall–Kier alpha value is -2.66. The number of aromatic nitrogens is 1. The maximum Gasteiger partial charge on any atom is 0.252 e. The van der Waals surface area contributed by atoms with Gasteiger partial charge in [0.1, 0.15) is 5.69 Å². The first-order valence-corrected chi connectivity index (χ1v) is 10.6. The molecule has 1 aliphatic heterocycles. The zero-order chi connectivity index (χ0) is 20.2. The number of carbonyl (C=O) groups is 1. The number of pyridine rings is 1. The second kappa shape index (κ2) is 8.78. The zero-order valence-corrected chi connectivity index (χ0v) is 17.3. The summed E-state index contributed by atoms with van der Waals surface area (Å²) in [5.74, 6) is 0.614. The fraction of sp³-hybridized carbons (Fsp3) is 0.417. The van der Waals surface area contributed by atoms with Crippen molar-refractivity contribution in [3.8, 4) is 11.5 Å². The van der Waals surface area contributed by atoms with Crippen molar-refractivity contribution in [2.24, 2.45) is 0 Å². The van der Waals surface area contributed by atoms with Gasteiger partial charge in [-0.2, -0.15) is 0 Å². The summed E-state index contributed by atoms with van der Waals surface area (Å²) in [5.41, 5.74) is 3.24. The van der Waals surface area contributed by atoms with Crippen LogP contribution < -0.4 is 5.32 Å². The Morgan fingerprint density at radius 1 is 1.28 bits per heavy atom. The van der Waals surface area contributed by atoms with Gasteiger partial charge in [-0.25, -0.2) is 4.98 Å². The van der Waals surface area contributed by atoms with Crippen molar-refractivity contribution in [3.63, 3.8) is 0 Å². The minimum Gasteiger partial charge on any atom is -0.463 e. The van der Waals surface area contributed by atoms with Crippen molar-refractivity contribution in [3.05, 3.63) is 53.8 Å². The number of hydrogen-bond acceptors (Lipinski definition) is 4. The Balaban J connectivity index is 1.49. The van der Waals surface area contributed by atoms with Gasteiger partial charge in [0.25, 0.3) is 5.91 Å². The molecule has 152 valence electrons. The van der Waals surface area contributed by atoms with Gasteiger partial charge in [-0.15, -0.1) is 0 Å². The normalized spacial score (nSPS) is 17.5. The average molecular weight is 392 g/mol. The molecule has 1 N–H and O–H groups in total. The number of rotatable bonds is 6. The molecule has 1 aromatic carbocycles. The Kier molecular flexibility index (Phi) is 5.95. The zero-order valence-electron chi connectivity index (χ0n) is 17.3. The first kappa shape index (κ1) is 19.6. The number of benzene rings is 1. The largest absolute Gasteiger partial charge is 0.463 e. The molecule has 1 atom stereocenters. The van der Waals surface area contributed by atoms with Crippen molar-refractivity contribution in [2.45, 2.75) is 45.6 Å². The fourth-order valence-corrected chi connectivity index (χ4v) is 4.15. The molecule has 1 unspecified atom stereocenters. The summed E-state index contributed by atoms with van der Waals surface area (Å²) in [7, 11) is 0. The molecule has 1 amide bonds. The van der Waals surface area contributed by atoms with E-state index in [1.165, 1.54) is 25.8 Å². The van der Waals surface area contributed by atoms with E-state index < -0.39 is 0 Å². The molecule has 2 aromatic heterocycles. The Morgan fingerprint density at radius 3 is 2.97 bits per heavy atom. The third-order valence-electron chi connectivity index (χ3n) is 5.83. The molecule has 1 fully saturated rings. The number of piperidine rings is 1. The Labute approximate surface area is 172 Å². The maximum atomic E-state index is 13.0. The molecular formula is C24H29N3O2. The van der Waals surface area contributed by atoms with Crippen LogP contribution in [0.15, 0.2) is 47.1 Å². The number of amides is 1. The number of carbonyl (C=O) groups excluding carboxylic acids is 1. The van der Waals surface area contributed by atoms with E-state index in [-0.39, 0.29) is 5.91 Å². The summed E-state index contributed by atoms with van der Waals surface area (Å²) in [6, 6.07) is 12.2. The van der Waals surface area contributed by atoms with Crippen LogP contribution in [0, 0.1) is 6.92 Å². The Bertz CT molecular complexity index is 981. The number of nitrogens with zero attached hydrogens (tertiary/aromatic N) is 2. The van der Waals surface area contributed by atoms with Gasteiger partial charge in [0.2, 0.25) is 0 Å². The Morgan fingerprint density at radius 2 is 2.17 bits per heavy atom. The second-order valence-corrected chi connectivity index (χ2v) is 8.04. The summed E-state index contributed by atoms with van der Waals surface area (Å²) in [4.78, 5) is 20.2. The van der Waals surface area contributed by atoms with Crippen LogP contribution in [-0.4, -0.2) is 41.5 Å². The number of nitrogens with one attached hydrogen (secondary N) is 1. The number of fused-ring (bicyclic) bond motifs is 1. The molecule has 0 bridgehead atoms. The number of hydrogen-bond donors (Lipinski definition) is 1. The topological polar surface area (TPSA) is 58.4 Å². The third-order valence-corrected chi connectivity index (χ3v) is 5.83. The van der Waals surface area contributed by atoms with Crippen LogP contribution in [0.4, 0.5) is 0 Å². The second-order valence-electron chi connectivity index (χ2n) is 8.04. The molecule has 0 radical (unpaired) electrons. The van der Waals surface area contributed by atoms with Crippen LogP contribution in [0.5, 0.6) is 0 Å². The molecule has 0 spiro atoms. The molecule has 3 aromatic rings. The highest BCUT2D eigenvalue weighted by atomic mass is 16.3. The molecule has 3 heterocycles. The molecule has 29 heavy (non-hydrogen) atoms. The summed E-state index contributed by atoms with van der Waals surface area (Å²) in [6.07, 6.45) is 6.49. The summed E-state index contributed by atoms with van der Waals surface area (Å²) >= 11 is 0. The lowest BCUT2D eigenvalue weighted by atomic mass is 10.0. The van der Waals surface area contributed by atoms with Crippen LogP contribution in [0.25, 0.3) is 22.4 Å². The van der Waals surface area contributed by atoms with E-state index in [0.717, 1.165) is 29.4 Å². The van der Waals surface area contributed by atoms with E-state index in [0.29, 0.717) is 29.6 Å². The minimum atomic E-state index is -0.0532. The predicted molar refractivity (Wildman–Crippen MR) is 116 cm³/mol. The number of furan rings is 1. The number of likely N-dealkylation sites (tertiary alicyclic amines) is 1. The van der Waals surface area contributed by atoms with Gasteiger partial charge in [-0.1, -0.05) is 18.1 Å². The van der Waals surface area contributed by atoms with Crippen molar-refractivity contribution >= 4 is 16.8 Å². The molecule has 1 aliphatic rings. The van der Waals surface area contributed by atoms with E-state index in [9.17, 15) is 4.79 Å². The van der Waals surface area contributed by atoms with Crippen molar-refractivity contribution < 1.29 is 9.21 Å². The molecule has 1 saturated heterocycles. The van der Waals surface area contributed by atoms with Gasteiger partial charge >= 0.3 is 0 Å². The van der Waals surface area contributed by atoms with Crippen molar-refractivity contribution in [2.75, 3.05) is 19.6 Å². The SMILES string of the molecule is Cc1ccc2nc(-c3ccco3)cc(C(=O)NCCCN3CCCCC3C)c2c1. The summed E-state index contributed by atoms with van der Waals surface area (Å²) in [6.45, 7) is 7.22. The summed E-state index contributed by atoms with van der Waals surface area (Å²) in [5, 5.41) is 3.99. The van der Waals surface area contributed by atoms with Gasteiger partial charge < -0.3 is 14.6 Å². The first-order valence-electron chi connectivity index (χ1n) is 10.6. The molecule has 0 aliphatic carbocycles. The van der Waals surface area contributed by atoms with Crippen molar-refractivity contribution in [1.29, 1.82) is 0 Å². The smallest absolute Gasteiger partial charge is 0.252 e. The van der Waals surface area contributed by atoms with Gasteiger partial charge in [0.15, 0.2) is 5.76 Å². The molecule has 4 rings (SSSR count). The standard InChI is InChI=1S/C24H29N3O2/c1-17-9-10-21-19(15-17)20(16-22(26-21)23-8-5-14-29-23)24(28)25-11-6-13-27-12-4-3-7-18(27)2/h5,8-10,14-16,18H,3-4,6-7,11-13H2,1-2H3,(H,25,28). The van der Waals surface area contributed by atoms with Crippen LogP contribution in [0.3, 0.4) is 0 Å². The van der Waals surface area contributed by atoms with Gasteiger partial charge in [0, 0.05) is 24.5 Å².